The van der Waals surface area contributed by atoms with Gasteiger partial charge in [-0.1, -0.05) is 13.0 Å². The molecule has 2 rings (SSSR count). The van der Waals surface area contributed by atoms with Crippen molar-refractivity contribution in [3.05, 3.63) is 35.2 Å². The van der Waals surface area contributed by atoms with Gasteiger partial charge in [-0.15, -0.1) is 0 Å². The van der Waals surface area contributed by atoms with Gasteiger partial charge in [-0.25, -0.2) is 9.97 Å². The first-order valence-corrected chi connectivity index (χ1v) is 7.31. The van der Waals surface area contributed by atoms with Gasteiger partial charge < -0.3 is 10.1 Å². The first-order chi connectivity index (χ1) is 10.1. The second-order valence-corrected chi connectivity index (χ2v) is 5.14. The van der Waals surface area contributed by atoms with E-state index in [0.29, 0.717) is 0 Å². The maximum atomic E-state index is 5.60. The number of aromatic nitrogens is 2. The summed E-state index contributed by atoms with van der Waals surface area (Å²) in [5.74, 6) is 2.58. The molecule has 4 heteroatoms. The van der Waals surface area contributed by atoms with Gasteiger partial charge in [0.1, 0.15) is 17.4 Å². The van der Waals surface area contributed by atoms with E-state index < -0.39 is 0 Å². The van der Waals surface area contributed by atoms with Crippen LogP contribution >= 0.6 is 0 Å². The Morgan fingerprint density at radius 1 is 1.19 bits per heavy atom. The van der Waals surface area contributed by atoms with Gasteiger partial charge in [0.05, 0.1) is 12.8 Å². The van der Waals surface area contributed by atoms with Gasteiger partial charge in [0.15, 0.2) is 0 Å². The van der Waals surface area contributed by atoms with Crippen LogP contribution in [0.2, 0.25) is 0 Å². The zero-order chi connectivity index (χ0) is 15.4. The molecule has 0 saturated heterocycles. The number of benzene rings is 1. The highest BCUT2D eigenvalue weighted by Gasteiger charge is 2.13. The van der Waals surface area contributed by atoms with Crippen LogP contribution in [0.1, 0.15) is 30.3 Å². The highest BCUT2D eigenvalue weighted by molar-refractivity contribution is 5.72. The predicted molar refractivity (Wildman–Crippen MR) is 87.0 cm³/mol. The molecule has 1 heterocycles. The largest absolute Gasteiger partial charge is 0.496 e. The minimum atomic E-state index is 0.837. The van der Waals surface area contributed by atoms with Crippen molar-refractivity contribution in [3.8, 4) is 17.0 Å². The fraction of sp³-hybridized carbons (Fsp3) is 0.412. The van der Waals surface area contributed by atoms with E-state index >= 15 is 0 Å². The summed E-state index contributed by atoms with van der Waals surface area (Å²) in [6.07, 6.45) is 1.90. The molecule has 112 valence electrons. The third-order valence-corrected chi connectivity index (χ3v) is 3.66. The van der Waals surface area contributed by atoms with Crippen LogP contribution in [0.3, 0.4) is 0 Å². The maximum Gasteiger partial charge on any atom is 0.131 e. The van der Waals surface area contributed by atoms with E-state index in [4.69, 9.17) is 4.74 Å². The van der Waals surface area contributed by atoms with E-state index in [1.807, 2.05) is 13.1 Å². The molecule has 0 atom stereocenters. The quantitative estimate of drug-likeness (QED) is 0.908. The van der Waals surface area contributed by atoms with Crippen molar-refractivity contribution >= 4 is 5.82 Å². The van der Waals surface area contributed by atoms with Crippen LogP contribution in [-0.2, 0) is 6.42 Å². The van der Waals surface area contributed by atoms with Crippen LogP contribution in [0.25, 0.3) is 11.3 Å². The lowest BCUT2D eigenvalue weighted by Crippen LogP contribution is -2.03. The van der Waals surface area contributed by atoms with Crippen molar-refractivity contribution in [2.45, 2.75) is 33.6 Å². The molecule has 21 heavy (non-hydrogen) atoms. The average molecular weight is 285 g/mol. The molecule has 1 N–H and O–H groups in total. The first kappa shape index (κ1) is 15.3. The highest BCUT2D eigenvalue weighted by atomic mass is 16.5. The number of ether oxygens (including phenoxy) is 1. The molecule has 0 bridgehead atoms. The van der Waals surface area contributed by atoms with Gasteiger partial charge in [0.2, 0.25) is 0 Å². The number of anilines is 1. The van der Waals surface area contributed by atoms with Crippen molar-refractivity contribution in [1.29, 1.82) is 0 Å². The van der Waals surface area contributed by atoms with E-state index in [1.54, 1.807) is 7.11 Å². The van der Waals surface area contributed by atoms with Crippen molar-refractivity contribution in [2.75, 3.05) is 19.5 Å². The highest BCUT2D eigenvalue weighted by Crippen LogP contribution is 2.34. The van der Waals surface area contributed by atoms with Crippen LogP contribution in [0.5, 0.6) is 5.75 Å². The number of nitrogens with one attached hydrogen (secondary N) is 1. The molecule has 4 nitrogen and oxygen atoms in total. The molecule has 1 aromatic heterocycles. The molecule has 0 amide bonds. The zero-order valence-electron chi connectivity index (χ0n) is 13.4. The Morgan fingerprint density at radius 2 is 1.95 bits per heavy atom. The second kappa shape index (κ2) is 6.57. The average Bonchev–Trinajstić information content (AvgIpc) is 2.49. The van der Waals surface area contributed by atoms with Crippen LogP contribution in [0.15, 0.2) is 18.2 Å². The van der Waals surface area contributed by atoms with Gasteiger partial charge >= 0.3 is 0 Å². The lowest BCUT2D eigenvalue weighted by atomic mass is 10.0. The SMILES string of the molecule is CCCc1nc(NC)cc(-c2ccc(C)c(C)c2OC)n1. The van der Waals surface area contributed by atoms with Crippen LogP contribution in [-0.4, -0.2) is 24.1 Å². The molecule has 1 aromatic carbocycles. The summed E-state index contributed by atoms with van der Waals surface area (Å²) in [4.78, 5) is 9.19. The van der Waals surface area contributed by atoms with Gasteiger partial charge in [0.25, 0.3) is 0 Å². The van der Waals surface area contributed by atoms with E-state index in [2.05, 4.69) is 48.2 Å². The summed E-state index contributed by atoms with van der Waals surface area (Å²) in [6.45, 7) is 6.29. The summed E-state index contributed by atoms with van der Waals surface area (Å²) in [5, 5.41) is 3.11. The van der Waals surface area contributed by atoms with Crippen LogP contribution < -0.4 is 10.1 Å². The molecule has 0 aliphatic rings. The molecule has 0 radical (unpaired) electrons. The summed E-state index contributed by atoms with van der Waals surface area (Å²) < 4.78 is 5.60. The van der Waals surface area contributed by atoms with Gasteiger partial charge in [-0.3, -0.25) is 0 Å². The molecule has 0 unspecified atom stereocenters. The monoisotopic (exact) mass is 285 g/mol. The van der Waals surface area contributed by atoms with Crippen LogP contribution in [0.4, 0.5) is 5.82 Å². The van der Waals surface area contributed by atoms with E-state index in [1.165, 1.54) is 5.56 Å². The Labute approximate surface area is 126 Å². The summed E-state index contributed by atoms with van der Waals surface area (Å²) in [7, 11) is 3.58. The lowest BCUT2D eigenvalue weighted by molar-refractivity contribution is 0.413. The van der Waals surface area contributed by atoms with Crippen molar-refractivity contribution in [2.24, 2.45) is 0 Å². The predicted octanol–water partition coefficient (Wildman–Crippen LogP) is 3.76. The van der Waals surface area contributed by atoms with Crippen molar-refractivity contribution in [1.82, 2.24) is 9.97 Å². The lowest BCUT2D eigenvalue weighted by Gasteiger charge is -2.14. The van der Waals surface area contributed by atoms with Crippen molar-refractivity contribution < 1.29 is 4.74 Å². The molecule has 0 aliphatic heterocycles. The Hall–Kier alpha value is -2.10. The normalized spacial score (nSPS) is 10.5. The van der Waals surface area contributed by atoms with Crippen LogP contribution in [0, 0.1) is 13.8 Å². The van der Waals surface area contributed by atoms with E-state index in [-0.39, 0.29) is 0 Å². The minimum absolute atomic E-state index is 0.837. The number of nitrogens with zero attached hydrogens (tertiary/aromatic N) is 2. The first-order valence-electron chi connectivity index (χ1n) is 7.31. The number of hydrogen-bond acceptors (Lipinski definition) is 4. The Morgan fingerprint density at radius 3 is 2.57 bits per heavy atom. The Balaban J connectivity index is 2.60. The summed E-state index contributed by atoms with van der Waals surface area (Å²) >= 11 is 0. The second-order valence-electron chi connectivity index (χ2n) is 5.14. The molecule has 0 spiro atoms. The topological polar surface area (TPSA) is 47.0 Å². The number of methoxy groups -OCH3 is 1. The van der Waals surface area contributed by atoms with E-state index in [9.17, 15) is 0 Å². The Bertz CT molecular complexity index is 638. The molecular formula is C17H23N3O. The zero-order valence-corrected chi connectivity index (χ0v) is 13.4. The summed E-state index contributed by atoms with van der Waals surface area (Å²) in [6, 6.07) is 6.14. The molecule has 2 aromatic rings. The fourth-order valence-corrected chi connectivity index (χ4v) is 2.35. The fourth-order valence-electron chi connectivity index (χ4n) is 2.35. The molecule has 0 saturated carbocycles. The van der Waals surface area contributed by atoms with Gasteiger partial charge in [-0.05, 0) is 37.5 Å². The van der Waals surface area contributed by atoms with Crippen molar-refractivity contribution in [3.63, 3.8) is 0 Å². The van der Waals surface area contributed by atoms with Gasteiger partial charge in [0, 0.05) is 25.1 Å². The standard InChI is InChI=1S/C17H23N3O/c1-6-7-15-19-14(10-16(18-4)20-15)13-9-8-11(2)12(3)17(13)21-5/h8-10H,6-7H2,1-5H3,(H,18,19,20). The third-order valence-electron chi connectivity index (χ3n) is 3.66. The number of rotatable bonds is 5. The van der Waals surface area contributed by atoms with Gasteiger partial charge in [-0.2, -0.15) is 0 Å². The molecule has 0 aliphatic carbocycles. The number of hydrogen-bond donors (Lipinski definition) is 1. The minimum Gasteiger partial charge on any atom is -0.496 e. The summed E-state index contributed by atoms with van der Waals surface area (Å²) in [5.41, 5.74) is 4.28. The molecular weight excluding hydrogens is 262 g/mol. The maximum absolute atomic E-state index is 5.60. The smallest absolute Gasteiger partial charge is 0.131 e. The number of aryl methyl sites for hydroxylation is 2. The molecule has 0 fully saturated rings. The van der Waals surface area contributed by atoms with E-state index in [0.717, 1.165) is 47.1 Å². The third kappa shape index (κ3) is 3.15. The Kier molecular flexibility index (Phi) is 4.78.